The Morgan fingerprint density at radius 1 is 0.688 bits per heavy atom. The van der Waals surface area contributed by atoms with Gasteiger partial charge in [-0.05, 0) is 12.8 Å². The molecule has 0 aromatic carbocycles. The summed E-state index contributed by atoms with van der Waals surface area (Å²) in [5, 5.41) is 59.7. The minimum absolute atomic E-state index is 0.0909. The molecular weight excluding hydrogens is 432 g/mol. The molecule has 2 saturated heterocycles. The van der Waals surface area contributed by atoms with Crippen molar-refractivity contribution in [1.29, 1.82) is 0 Å². The second-order valence-corrected chi connectivity index (χ2v) is 8.68. The quantitative estimate of drug-likeness (QED) is 0.174. The van der Waals surface area contributed by atoms with Gasteiger partial charge in [-0.1, -0.05) is 0 Å². The van der Waals surface area contributed by atoms with E-state index in [9.17, 15) is 30.6 Å². The van der Waals surface area contributed by atoms with Gasteiger partial charge in [-0.15, -0.1) is 0 Å². The van der Waals surface area contributed by atoms with E-state index >= 15 is 0 Å². The summed E-state index contributed by atoms with van der Waals surface area (Å²) in [7, 11) is 0. The van der Waals surface area contributed by atoms with E-state index in [-0.39, 0.29) is 19.4 Å². The maximum Gasteiger partial charge on any atom is 0.186 e. The van der Waals surface area contributed by atoms with Crippen LogP contribution < -0.4 is 22.9 Å². The third kappa shape index (κ3) is 5.24. The molecule has 188 valence electrons. The van der Waals surface area contributed by atoms with Gasteiger partial charge in [0.15, 0.2) is 12.6 Å². The lowest BCUT2D eigenvalue weighted by atomic mass is 9.86. The molecule has 0 radical (unpaired) electrons. The Balaban J connectivity index is 1.59. The number of aliphatic hydroxyl groups is 6. The highest BCUT2D eigenvalue weighted by molar-refractivity contribution is 4.97. The van der Waals surface area contributed by atoms with Crippen LogP contribution in [0.4, 0.5) is 0 Å². The van der Waals surface area contributed by atoms with Crippen molar-refractivity contribution >= 4 is 0 Å². The second kappa shape index (κ2) is 10.8. The van der Waals surface area contributed by atoms with E-state index < -0.39 is 92.2 Å². The Morgan fingerprint density at radius 2 is 1.19 bits per heavy atom. The lowest BCUT2D eigenvalue weighted by molar-refractivity contribution is -0.314. The minimum Gasteiger partial charge on any atom is -0.394 e. The van der Waals surface area contributed by atoms with Gasteiger partial charge in [0.05, 0.1) is 24.9 Å². The maximum absolute atomic E-state index is 10.3. The summed E-state index contributed by atoms with van der Waals surface area (Å²) in [5.74, 6) is 0. The van der Waals surface area contributed by atoms with Crippen LogP contribution >= 0.6 is 0 Å². The number of aliphatic hydroxyl groups excluding tert-OH is 6. The van der Waals surface area contributed by atoms with Gasteiger partial charge >= 0.3 is 0 Å². The van der Waals surface area contributed by atoms with Crippen molar-refractivity contribution in [3.05, 3.63) is 0 Å². The molecule has 2 heterocycles. The van der Waals surface area contributed by atoms with E-state index in [0.29, 0.717) is 0 Å². The molecule has 0 amide bonds. The molecule has 14 heteroatoms. The molecule has 32 heavy (non-hydrogen) atoms. The SMILES string of the molecule is NC[C@@H]1O[C@@H](O[C@@H]2C[C@@H](N)[C@H](O[C@@H]3O[C@@H](CO)[C@H](O)[C@@H](N)[C@@H]3O)C[C@H]2N)[C@@H](O)[C@H](O)[C@H]1O. The van der Waals surface area contributed by atoms with Gasteiger partial charge in [0, 0.05) is 18.6 Å². The average molecular weight is 469 g/mol. The first-order valence-corrected chi connectivity index (χ1v) is 10.7. The van der Waals surface area contributed by atoms with Gasteiger partial charge in [-0.2, -0.15) is 0 Å². The number of hydrogen-bond acceptors (Lipinski definition) is 14. The lowest BCUT2D eigenvalue weighted by Gasteiger charge is -2.46. The highest BCUT2D eigenvalue weighted by Gasteiger charge is 2.48. The van der Waals surface area contributed by atoms with Crippen LogP contribution in [-0.4, -0.2) is 129 Å². The van der Waals surface area contributed by atoms with Gasteiger partial charge in [0.2, 0.25) is 0 Å². The zero-order chi connectivity index (χ0) is 23.7. The predicted octanol–water partition coefficient (Wildman–Crippen LogP) is -6.26. The van der Waals surface area contributed by atoms with Gasteiger partial charge in [0.1, 0.15) is 42.7 Å². The Bertz CT molecular complexity index is 554. The molecule has 3 fully saturated rings. The number of nitrogens with two attached hydrogens (primary N) is 4. The van der Waals surface area contributed by atoms with E-state index in [0.717, 1.165) is 0 Å². The van der Waals surface area contributed by atoms with Crippen LogP contribution in [-0.2, 0) is 18.9 Å². The fourth-order valence-electron chi connectivity index (χ4n) is 4.30. The van der Waals surface area contributed by atoms with Crippen molar-refractivity contribution in [3.63, 3.8) is 0 Å². The summed E-state index contributed by atoms with van der Waals surface area (Å²) in [6, 6.07) is -2.32. The van der Waals surface area contributed by atoms with Crippen LogP contribution in [0.2, 0.25) is 0 Å². The number of ether oxygens (including phenoxy) is 4. The molecular formula is C18H36N4O10. The second-order valence-electron chi connectivity index (χ2n) is 8.68. The van der Waals surface area contributed by atoms with Crippen LogP contribution in [0.25, 0.3) is 0 Å². The predicted molar refractivity (Wildman–Crippen MR) is 106 cm³/mol. The van der Waals surface area contributed by atoms with Crippen LogP contribution in [0.5, 0.6) is 0 Å². The summed E-state index contributed by atoms with van der Waals surface area (Å²) in [5.41, 5.74) is 23.8. The first kappa shape index (κ1) is 26.1. The van der Waals surface area contributed by atoms with E-state index in [4.69, 9.17) is 41.9 Å². The zero-order valence-electron chi connectivity index (χ0n) is 17.5. The molecule has 0 aromatic heterocycles. The zero-order valence-corrected chi connectivity index (χ0v) is 17.5. The highest BCUT2D eigenvalue weighted by atomic mass is 16.7. The number of rotatable bonds is 6. The molecule has 2 aliphatic heterocycles. The van der Waals surface area contributed by atoms with Gasteiger partial charge in [0.25, 0.3) is 0 Å². The Labute approximate surface area is 185 Å². The normalized spacial score (nSPS) is 52.7. The minimum atomic E-state index is -1.51. The molecule has 1 aliphatic carbocycles. The third-order valence-electron chi connectivity index (χ3n) is 6.42. The highest BCUT2D eigenvalue weighted by Crippen LogP contribution is 2.30. The Hall–Kier alpha value is -0.560. The van der Waals surface area contributed by atoms with Crippen molar-refractivity contribution in [1.82, 2.24) is 0 Å². The molecule has 14 nitrogen and oxygen atoms in total. The summed E-state index contributed by atoms with van der Waals surface area (Å²) in [6.45, 7) is -0.603. The van der Waals surface area contributed by atoms with Gasteiger partial charge in [-0.25, -0.2) is 0 Å². The fourth-order valence-corrected chi connectivity index (χ4v) is 4.30. The average Bonchev–Trinajstić information content (AvgIpc) is 2.77. The topological polar surface area (TPSA) is 262 Å². The molecule has 14 atom stereocenters. The smallest absolute Gasteiger partial charge is 0.186 e. The molecule has 0 aromatic rings. The van der Waals surface area contributed by atoms with Crippen molar-refractivity contribution in [2.75, 3.05) is 13.2 Å². The van der Waals surface area contributed by atoms with Crippen LogP contribution in [0.1, 0.15) is 12.8 Å². The van der Waals surface area contributed by atoms with Crippen LogP contribution in [0.3, 0.4) is 0 Å². The van der Waals surface area contributed by atoms with Crippen molar-refractivity contribution in [2.24, 2.45) is 22.9 Å². The van der Waals surface area contributed by atoms with E-state index in [1.54, 1.807) is 0 Å². The lowest BCUT2D eigenvalue weighted by Crippen LogP contribution is -2.65. The standard InChI is InChI=1S/C18H36N4O10/c19-3-9-13(25)15(27)16(28)18(31-9)30-8-2-5(20)7(1-6(8)21)29-17-14(26)11(22)12(24)10(4-23)32-17/h5-18,23-28H,1-4,19-22H2/t5-,6-,7-,8-,9+,10+,11-,12+,13+,14+,15-,16+,17-,18-/m1/s1. The van der Waals surface area contributed by atoms with Gasteiger partial charge < -0.3 is 72.5 Å². The molecule has 1 saturated carbocycles. The Morgan fingerprint density at radius 3 is 1.69 bits per heavy atom. The monoisotopic (exact) mass is 468 g/mol. The van der Waals surface area contributed by atoms with Crippen LogP contribution in [0, 0.1) is 0 Å². The van der Waals surface area contributed by atoms with E-state index in [2.05, 4.69) is 0 Å². The van der Waals surface area contributed by atoms with Crippen molar-refractivity contribution in [2.45, 2.75) is 98.5 Å². The summed E-state index contributed by atoms with van der Waals surface area (Å²) < 4.78 is 22.5. The fraction of sp³-hybridized carbons (Fsp3) is 1.00. The maximum atomic E-state index is 10.3. The van der Waals surface area contributed by atoms with Crippen molar-refractivity contribution in [3.8, 4) is 0 Å². The summed E-state index contributed by atoms with van der Waals surface area (Å²) in [4.78, 5) is 0. The molecule has 3 aliphatic rings. The van der Waals surface area contributed by atoms with Crippen LogP contribution in [0.15, 0.2) is 0 Å². The molecule has 0 unspecified atom stereocenters. The first-order chi connectivity index (χ1) is 15.1. The van der Waals surface area contributed by atoms with E-state index in [1.165, 1.54) is 0 Å². The van der Waals surface area contributed by atoms with Gasteiger partial charge in [-0.3, -0.25) is 0 Å². The number of hydrogen-bond donors (Lipinski definition) is 10. The molecule has 3 rings (SSSR count). The molecule has 0 spiro atoms. The largest absolute Gasteiger partial charge is 0.394 e. The Kier molecular flexibility index (Phi) is 8.79. The van der Waals surface area contributed by atoms with E-state index in [1.807, 2.05) is 0 Å². The third-order valence-corrected chi connectivity index (χ3v) is 6.42. The summed E-state index contributed by atoms with van der Waals surface area (Å²) >= 11 is 0. The molecule has 14 N–H and O–H groups in total. The first-order valence-electron chi connectivity index (χ1n) is 10.7. The van der Waals surface area contributed by atoms with Crippen molar-refractivity contribution < 1.29 is 49.6 Å². The molecule has 0 bridgehead atoms. The summed E-state index contributed by atoms with van der Waals surface area (Å²) in [6.07, 6.45) is -12.4.